The average Bonchev–Trinajstić information content (AvgIpc) is 2.38. The van der Waals surface area contributed by atoms with Gasteiger partial charge in [0.15, 0.2) is 6.10 Å². The first-order chi connectivity index (χ1) is 9.27. The summed E-state index contributed by atoms with van der Waals surface area (Å²) >= 11 is 0. The van der Waals surface area contributed by atoms with E-state index < -0.39 is 17.7 Å². The summed E-state index contributed by atoms with van der Waals surface area (Å²) in [6, 6.07) is 8.74. The minimum Gasteiger partial charge on any atom is -0.480 e. The fourth-order valence-corrected chi connectivity index (χ4v) is 1.43. The van der Waals surface area contributed by atoms with Gasteiger partial charge in [-0.05, 0) is 39.8 Å². The molecule has 0 aliphatic carbocycles. The number of carbonyl (C=O) groups is 1. The minimum atomic E-state index is -0.762. The summed E-state index contributed by atoms with van der Waals surface area (Å²) in [6.07, 6.45) is -1.45. The number of aliphatic hydroxyl groups is 1. The first kappa shape index (κ1) is 16.0. The standard InChI is InChI=1S/C15H20N2O3/c1-10(14(19)17-15(3,4)11(2)18)20-13-8-6-5-7-12(13)9-16/h5-8,10-11,18H,1-4H3,(H,17,19). The van der Waals surface area contributed by atoms with Crippen molar-refractivity contribution in [1.82, 2.24) is 5.32 Å². The number of rotatable bonds is 5. The Kier molecular flexibility index (Phi) is 5.12. The normalized spacial score (nSPS) is 14.0. The van der Waals surface area contributed by atoms with Gasteiger partial charge in [-0.25, -0.2) is 0 Å². The largest absolute Gasteiger partial charge is 0.480 e. The fraction of sp³-hybridized carbons (Fsp3) is 0.467. The molecule has 0 aliphatic heterocycles. The lowest BCUT2D eigenvalue weighted by Crippen LogP contribution is -2.54. The lowest BCUT2D eigenvalue weighted by atomic mass is 9.98. The molecular formula is C15H20N2O3. The Morgan fingerprint density at radius 1 is 1.40 bits per heavy atom. The van der Waals surface area contributed by atoms with Crippen LogP contribution in [-0.2, 0) is 4.79 Å². The SMILES string of the molecule is CC(Oc1ccccc1C#N)C(=O)NC(C)(C)C(C)O. The molecule has 1 aromatic carbocycles. The molecule has 5 heteroatoms. The smallest absolute Gasteiger partial charge is 0.261 e. The number of para-hydroxylation sites is 1. The van der Waals surface area contributed by atoms with E-state index in [1.54, 1.807) is 52.0 Å². The topological polar surface area (TPSA) is 82.3 Å². The Morgan fingerprint density at radius 2 is 2.00 bits per heavy atom. The molecule has 0 saturated heterocycles. The van der Waals surface area contributed by atoms with Crippen LogP contribution in [0.4, 0.5) is 0 Å². The number of benzene rings is 1. The van der Waals surface area contributed by atoms with Gasteiger partial charge in [0.1, 0.15) is 11.8 Å². The van der Waals surface area contributed by atoms with Crippen molar-refractivity contribution in [2.75, 3.05) is 0 Å². The molecule has 0 aliphatic rings. The van der Waals surface area contributed by atoms with E-state index in [0.29, 0.717) is 11.3 Å². The van der Waals surface area contributed by atoms with Crippen LogP contribution in [0.25, 0.3) is 0 Å². The Morgan fingerprint density at radius 3 is 2.55 bits per heavy atom. The molecule has 0 heterocycles. The zero-order chi connectivity index (χ0) is 15.3. The van der Waals surface area contributed by atoms with Crippen LogP contribution in [0.3, 0.4) is 0 Å². The highest BCUT2D eigenvalue weighted by atomic mass is 16.5. The van der Waals surface area contributed by atoms with E-state index in [2.05, 4.69) is 5.32 Å². The number of hydrogen-bond acceptors (Lipinski definition) is 4. The van der Waals surface area contributed by atoms with Crippen LogP contribution >= 0.6 is 0 Å². The second kappa shape index (κ2) is 6.40. The molecular weight excluding hydrogens is 256 g/mol. The highest BCUT2D eigenvalue weighted by Gasteiger charge is 2.28. The van der Waals surface area contributed by atoms with Gasteiger partial charge in [-0.2, -0.15) is 5.26 Å². The Bertz CT molecular complexity index is 518. The van der Waals surface area contributed by atoms with Crippen LogP contribution in [-0.4, -0.2) is 28.8 Å². The van der Waals surface area contributed by atoms with Crippen molar-refractivity contribution in [3.63, 3.8) is 0 Å². The maximum absolute atomic E-state index is 12.0. The molecule has 0 saturated carbocycles. The van der Waals surface area contributed by atoms with Crippen molar-refractivity contribution in [1.29, 1.82) is 5.26 Å². The summed E-state index contributed by atoms with van der Waals surface area (Å²) in [5, 5.41) is 21.3. The third-order valence-electron chi connectivity index (χ3n) is 3.17. The molecule has 0 bridgehead atoms. The lowest BCUT2D eigenvalue weighted by Gasteiger charge is -2.30. The van der Waals surface area contributed by atoms with Crippen molar-refractivity contribution < 1.29 is 14.6 Å². The number of hydrogen-bond donors (Lipinski definition) is 2. The van der Waals surface area contributed by atoms with Gasteiger partial charge in [-0.3, -0.25) is 4.79 Å². The van der Waals surface area contributed by atoms with E-state index in [4.69, 9.17) is 10.00 Å². The molecule has 2 atom stereocenters. The van der Waals surface area contributed by atoms with Gasteiger partial charge in [0.05, 0.1) is 17.2 Å². The summed E-state index contributed by atoms with van der Waals surface area (Å²) in [6.45, 7) is 6.66. The zero-order valence-corrected chi connectivity index (χ0v) is 12.2. The first-order valence-corrected chi connectivity index (χ1v) is 6.44. The number of aliphatic hydroxyl groups excluding tert-OH is 1. The average molecular weight is 276 g/mol. The van der Waals surface area contributed by atoms with Crippen molar-refractivity contribution >= 4 is 5.91 Å². The third-order valence-corrected chi connectivity index (χ3v) is 3.17. The number of ether oxygens (including phenoxy) is 1. The molecule has 2 N–H and O–H groups in total. The van der Waals surface area contributed by atoms with Crippen molar-refractivity contribution in [2.45, 2.75) is 45.4 Å². The molecule has 1 rings (SSSR count). The second-order valence-corrected chi connectivity index (χ2v) is 5.25. The van der Waals surface area contributed by atoms with Crippen LogP contribution in [0.5, 0.6) is 5.75 Å². The van der Waals surface area contributed by atoms with Crippen LogP contribution < -0.4 is 10.1 Å². The molecule has 2 unspecified atom stereocenters. The number of nitriles is 1. The molecule has 20 heavy (non-hydrogen) atoms. The van der Waals surface area contributed by atoms with E-state index in [9.17, 15) is 9.90 Å². The van der Waals surface area contributed by atoms with Gasteiger partial charge < -0.3 is 15.2 Å². The Hall–Kier alpha value is -2.06. The van der Waals surface area contributed by atoms with Crippen LogP contribution in [0.2, 0.25) is 0 Å². The summed E-state index contributed by atoms with van der Waals surface area (Å²) in [7, 11) is 0. The van der Waals surface area contributed by atoms with Crippen molar-refractivity contribution in [2.24, 2.45) is 0 Å². The van der Waals surface area contributed by atoms with Crippen LogP contribution in [0, 0.1) is 11.3 Å². The lowest BCUT2D eigenvalue weighted by molar-refractivity contribution is -0.130. The predicted molar refractivity (Wildman–Crippen MR) is 75.1 cm³/mol. The predicted octanol–water partition coefficient (Wildman–Crippen LogP) is 1.60. The van der Waals surface area contributed by atoms with Crippen LogP contribution in [0.15, 0.2) is 24.3 Å². The van der Waals surface area contributed by atoms with Gasteiger partial charge in [-0.1, -0.05) is 12.1 Å². The number of carbonyl (C=O) groups excluding carboxylic acids is 1. The first-order valence-electron chi connectivity index (χ1n) is 6.44. The molecule has 0 fully saturated rings. The Balaban J connectivity index is 2.74. The maximum atomic E-state index is 12.0. The quantitative estimate of drug-likeness (QED) is 0.855. The van der Waals surface area contributed by atoms with Crippen LogP contribution in [0.1, 0.15) is 33.3 Å². The summed E-state index contributed by atoms with van der Waals surface area (Å²) in [5.74, 6) is 0.0242. The molecule has 0 spiro atoms. The van der Waals surface area contributed by atoms with E-state index in [1.807, 2.05) is 6.07 Å². The molecule has 108 valence electrons. The molecule has 1 amide bonds. The van der Waals surface area contributed by atoms with Crippen molar-refractivity contribution in [3.05, 3.63) is 29.8 Å². The van der Waals surface area contributed by atoms with Gasteiger partial charge in [0, 0.05) is 0 Å². The monoisotopic (exact) mass is 276 g/mol. The van der Waals surface area contributed by atoms with E-state index in [-0.39, 0.29) is 5.91 Å². The maximum Gasteiger partial charge on any atom is 0.261 e. The van der Waals surface area contributed by atoms with Gasteiger partial charge in [0.25, 0.3) is 5.91 Å². The van der Waals surface area contributed by atoms with Gasteiger partial charge in [-0.15, -0.1) is 0 Å². The highest BCUT2D eigenvalue weighted by Crippen LogP contribution is 2.18. The summed E-state index contributed by atoms with van der Waals surface area (Å²) in [4.78, 5) is 12.0. The van der Waals surface area contributed by atoms with E-state index in [0.717, 1.165) is 0 Å². The molecule has 1 aromatic rings. The summed E-state index contributed by atoms with van der Waals surface area (Å²) < 4.78 is 5.51. The van der Waals surface area contributed by atoms with Crippen molar-refractivity contribution in [3.8, 4) is 11.8 Å². The van der Waals surface area contributed by atoms with Gasteiger partial charge >= 0.3 is 0 Å². The number of amides is 1. The number of nitrogens with one attached hydrogen (secondary N) is 1. The summed E-state index contributed by atoms with van der Waals surface area (Å²) in [5.41, 5.74) is -0.370. The van der Waals surface area contributed by atoms with Gasteiger partial charge in [0.2, 0.25) is 0 Å². The molecule has 0 aromatic heterocycles. The zero-order valence-electron chi connectivity index (χ0n) is 12.2. The third kappa shape index (κ3) is 3.97. The number of nitrogens with zero attached hydrogens (tertiary/aromatic N) is 1. The fourth-order valence-electron chi connectivity index (χ4n) is 1.43. The van der Waals surface area contributed by atoms with E-state index >= 15 is 0 Å². The van der Waals surface area contributed by atoms with E-state index in [1.165, 1.54) is 0 Å². The highest BCUT2D eigenvalue weighted by molar-refractivity contribution is 5.81. The molecule has 5 nitrogen and oxygen atoms in total. The molecule has 0 radical (unpaired) electrons. The minimum absolute atomic E-state index is 0.344. The Labute approximate surface area is 119 Å². The second-order valence-electron chi connectivity index (χ2n) is 5.25.